The molecule has 8 heteroatoms. The van der Waals surface area contributed by atoms with Gasteiger partial charge >= 0.3 is 0 Å². The van der Waals surface area contributed by atoms with Crippen LogP contribution in [-0.2, 0) is 27.8 Å². The van der Waals surface area contributed by atoms with Gasteiger partial charge in [-0.3, -0.25) is 4.79 Å². The maximum absolute atomic E-state index is 12.8. The summed E-state index contributed by atoms with van der Waals surface area (Å²) < 4.78 is 27.3. The minimum atomic E-state index is -3.43. The van der Waals surface area contributed by atoms with Crippen molar-refractivity contribution in [2.24, 2.45) is 0 Å². The van der Waals surface area contributed by atoms with Gasteiger partial charge in [0.05, 0.1) is 22.1 Å². The molecule has 0 saturated carbocycles. The predicted octanol–water partition coefficient (Wildman–Crippen LogP) is 4.08. The standard InChI is InChI=1S/C22H31N3O3S2/c1-17(2)22-24-19(16-29-22)15-23-21(26)12-9-18-7-10-20(11-8-18)30(27,28)25-13-5-3-4-6-14-25/h7-8,10-11,16-17H,3-6,9,12-15H2,1-2H3,(H,23,26). The van der Waals surface area contributed by atoms with Crippen LogP contribution >= 0.6 is 11.3 Å². The third kappa shape index (κ3) is 6.12. The van der Waals surface area contributed by atoms with Gasteiger partial charge in [0.15, 0.2) is 0 Å². The zero-order valence-electron chi connectivity index (χ0n) is 17.8. The number of rotatable bonds is 8. The second kappa shape index (κ2) is 10.5. The topological polar surface area (TPSA) is 79.4 Å². The van der Waals surface area contributed by atoms with Crippen LogP contribution < -0.4 is 5.32 Å². The molecule has 0 unspecified atom stereocenters. The monoisotopic (exact) mass is 449 g/mol. The van der Waals surface area contributed by atoms with Crippen molar-refractivity contribution in [3.63, 3.8) is 0 Å². The smallest absolute Gasteiger partial charge is 0.243 e. The molecule has 30 heavy (non-hydrogen) atoms. The quantitative estimate of drug-likeness (QED) is 0.659. The second-order valence-electron chi connectivity index (χ2n) is 8.07. The van der Waals surface area contributed by atoms with Crippen molar-refractivity contribution in [3.05, 3.63) is 45.9 Å². The number of aryl methyl sites for hydroxylation is 1. The van der Waals surface area contributed by atoms with E-state index in [4.69, 9.17) is 0 Å². The van der Waals surface area contributed by atoms with Crippen LogP contribution in [0.1, 0.15) is 68.1 Å². The molecule has 1 N–H and O–H groups in total. The van der Waals surface area contributed by atoms with E-state index in [0.717, 1.165) is 41.9 Å². The number of sulfonamides is 1. The highest BCUT2D eigenvalue weighted by Crippen LogP contribution is 2.21. The molecular weight excluding hydrogens is 418 g/mol. The Labute approximate surface area is 183 Å². The fourth-order valence-electron chi connectivity index (χ4n) is 3.46. The van der Waals surface area contributed by atoms with Crippen LogP contribution in [0.3, 0.4) is 0 Å². The molecule has 0 aliphatic carbocycles. The van der Waals surface area contributed by atoms with Gasteiger partial charge in [-0.05, 0) is 37.0 Å². The SMILES string of the molecule is CC(C)c1nc(CNC(=O)CCc2ccc(S(=O)(=O)N3CCCCCC3)cc2)cs1. The fraction of sp³-hybridized carbons (Fsp3) is 0.545. The van der Waals surface area contributed by atoms with Crippen LogP contribution in [0.15, 0.2) is 34.5 Å². The molecule has 3 rings (SSSR count). The Balaban J connectivity index is 1.49. The van der Waals surface area contributed by atoms with Crippen molar-refractivity contribution in [2.45, 2.75) is 69.7 Å². The van der Waals surface area contributed by atoms with Crippen molar-refractivity contribution < 1.29 is 13.2 Å². The van der Waals surface area contributed by atoms with E-state index in [2.05, 4.69) is 24.1 Å². The van der Waals surface area contributed by atoms with Gasteiger partial charge in [-0.2, -0.15) is 4.31 Å². The van der Waals surface area contributed by atoms with E-state index in [1.165, 1.54) is 0 Å². The lowest BCUT2D eigenvalue weighted by Crippen LogP contribution is -2.31. The number of thiazole rings is 1. The molecule has 1 aliphatic heterocycles. The molecule has 1 aromatic heterocycles. The summed E-state index contributed by atoms with van der Waals surface area (Å²) in [6.07, 6.45) is 4.96. The molecule has 6 nitrogen and oxygen atoms in total. The number of hydrogen-bond donors (Lipinski definition) is 1. The summed E-state index contributed by atoms with van der Waals surface area (Å²) in [4.78, 5) is 17.0. The first kappa shape index (κ1) is 22.9. The molecule has 1 fully saturated rings. The maximum atomic E-state index is 12.8. The molecule has 0 bridgehead atoms. The molecule has 2 aromatic rings. The van der Waals surface area contributed by atoms with Crippen molar-refractivity contribution >= 4 is 27.3 Å². The first-order valence-electron chi connectivity index (χ1n) is 10.7. The van der Waals surface area contributed by atoms with E-state index >= 15 is 0 Å². The number of nitrogens with zero attached hydrogens (tertiary/aromatic N) is 2. The van der Waals surface area contributed by atoms with Crippen LogP contribution in [0.5, 0.6) is 0 Å². The van der Waals surface area contributed by atoms with E-state index in [9.17, 15) is 13.2 Å². The molecule has 1 aromatic carbocycles. The molecule has 1 saturated heterocycles. The van der Waals surface area contributed by atoms with Gasteiger partial charge in [0.2, 0.25) is 15.9 Å². The maximum Gasteiger partial charge on any atom is 0.243 e. The minimum absolute atomic E-state index is 0.0321. The van der Waals surface area contributed by atoms with E-state index in [-0.39, 0.29) is 5.91 Å². The lowest BCUT2D eigenvalue weighted by molar-refractivity contribution is -0.121. The van der Waals surface area contributed by atoms with E-state index in [0.29, 0.717) is 43.3 Å². The molecule has 0 spiro atoms. The summed E-state index contributed by atoms with van der Waals surface area (Å²) in [6, 6.07) is 6.95. The van der Waals surface area contributed by atoms with Crippen molar-refractivity contribution in [2.75, 3.05) is 13.1 Å². The number of hydrogen-bond acceptors (Lipinski definition) is 5. The zero-order valence-corrected chi connectivity index (χ0v) is 19.4. The van der Waals surface area contributed by atoms with Crippen molar-refractivity contribution in [3.8, 4) is 0 Å². The molecule has 0 radical (unpaired) electrons. The Kier molecular flexibility index (Phi) is 8.02. The van der Waals surface area contributed by atoms with E-state index < -0.39 is 10.0 Å². The normalized spacial score (nSPS) is 15.8. The predicted molar refractivity (Wildman–Crippen MR) is 120 cm³/mol. The average molecular weight is 450 g/mol. The third-order valence-corrected chi connectivity index (χ3v) is 8.40. The highest BCUT2D eigenvalue weighted by molar-refractivity contribution is 7.89. The molecule has 164 valence electrons. The Bertz CT molecular complexity index is 929. The van der Waals surface area contributed by atoms with Gasteiger partial charge in [0.1, 0.15) is 0 Å². The summed E-state index contributed by atoms with van der Waals surface area (Å²) in [5.74, 6) is 0.362. The van der Waals surface area contributed by atoms with Gasteiger partial charge in [0.25, 0.3) is 0 Å². The van der Waals surface area contributed by atoms with E-state index in [1.54, 1.807) is 27.8 Å². The van der Waals surface area contributed by atoms with E-state index in [1.807, 2.05) is 17.5 Å². The van der Waals surface area contributed by atoms with Crippen LogP contribution in [0.2, 0.25) is 0 Å². The largest absolute Gasteiger partial charge is 0.350 e. The number of benzene rings is 1. The highest BCUT2D eigenvalue weighted by atomic mass is 32.2. The Morgan fingerprint density at radius 1 is 1.13 bits per heavy atom. The summed E-state index contributed by atoms with van der Waals surface area (Å²) in [5.41, 5.74) is 1.84. The molecular formula is C22H31N3O3S2. The lowest BCUT2D eigenvalue weighted by atomic mass is 10.1. The van der Waals surface area contributed by atoms with Crippen LogP contribution in [0, 0.1) is 0 Å². The number of carbonyl (C=O) groups is 1. The van der Waals surface area contributed by atoms with Gasteiger partial charge in [-0.1, -0.05) is 38.8 Å². The lowest BCUT2D eigenvalue weighted by Gasteiger charge is -2.20. The highest BCUT2D eigenvalue weighted by Gasteiger charge is 2.24. The van der Waals surface area contributed by atoms with Crippen molar-refractivity contribution in [1.29, 1.82) is 0 Å². The van der Waals surface area contributed by atoms with Crippen LogP contribution in [0.25, 0.3) is 0 Å². The van der Waals surface area contributed by atoms with Gasteiger partial charge in [0, 0.05) is 30.8 Å². The van der Waals surface area contributed by atoms with Crippen LogP contribution in [0.4, 0.5) is 0 Å². The Morgan fingerprint density at radius 2 is 1.80 bits per heavy atom. The summed E-state index contributed by atoms with van der Waals surface area (Å²) in [5, 5.41) is 5.97. The average Bonchev–Trinajstić information content (AvgIpc) is 3.04. The minimum Gasteiger partial charge on any atom is -0.350 e. The fourth-order valence-corrected chi connectivity index (χ4v) is 5.82. The zero-order chi connectivity index (χ0) is 21.6. The molecule has 1 amide bonds. The number of nitrogens with one attached hydrogen (secondary N) is 1. The van der Waals surface area contributed by atoms with Crippen LogP contribution in [-0.4, -0.2) is 36.7 Å². The number of amides is 1. The number of aromatic nitrogens is 1. The summed E-state index contributed by atoms with van der Waals surface area (Å²) >= 11 is 1.62. The first-order chi connectivity index (χ1) is 14.4. The second-order valence-corrected chi connectivity index (χ2v) is 10.9. The van der Waals surface area contributed by atoms with Gasteiger partial charge < -0.3 is 5.32 Å². The number of carbonyl (C=O) groups excluding carboxylic acids is 1. The first-order valence-corrected chi connectivity index (χ1v) is 13.0. The third-order valence-electron chi connectivity index (χ3n) is 5.30. The summed E-state index contributed by atoms with van der Waals surface area (Å²) in [6.45, 7) is 5.84. The molecule has 0 atom stereocenters. The molecule has 1 aliphatic rings. The summed E-state index contributed by atoms with van der Waals surface area (Å²) in [7, 11) is -3.43. The van der Waals surface area contributed by atoms with Gasteiger partial charge in [-0.15, -0.1) is 11.3 Å². The Hall–Kier alpha value is -1.77. The van der Waals surface area contributed by atoms with Crippen molar-refractivity contribution in [1.82, 2.24) is 14.6 Å². The van der Waals surface area contributed by atoms with Gasteiger partial charge in [-0.25, -0.2) is 13.4 Å². The molecule has 2 heterocycles. The Morgan fingerprint density at radius 3 is 2.40 bits per heavy atom.